The molecule has 1 aromatic carbocycles. The molecule has 0 saturated carbocycles. The van der Waals surface area contributed by atoms with Crippen LogP contribution in [0.3, 0.4) is 0 Å². The van der Waals surface area contributed by atoms with Crippen LogP contribution in [0.15, 0.2) is 18.2 Å². The van der Waals surface area contributed by atoms with E-state index in [9.17, 15) is 4.79 Å². The van der Waals surface area contributed by atoms with E-state index < -0.39 is 0 Å². The van der Waals surface area contributed by atoms with E-state index >= 15 is 0 Å². The van der Waals surface area contributed by atoms with Crippen molar-refractivity contribution in [1.82, 2.24) is 4.90 Å². The molecule has 18 heavy (non-hydrogen) atoms. The molecular formula is C12H16N2O3S. The Bertz CT molecular complexity index is 463. The Morgan fingerprint density at radius 2 is 1.94 bits per heavy atom. The number of nitrogens with zero attached hydrogens (tertiary/aromatic N) is 1. The summed E-state index contributed by atoms with van der Waals surface area (Å²) < 4.78 is 10.2. The standard InChI is InChI=1S/C12H16N2O3S/c1-14(7-11(13)18)12(15)8-4-5-9(16-2)10(6-8)17-3/h4-6H,7H2,1-3H3,(H2,13,18). The average molecular weight is 268 g/mol. The van der Waals surface area contributed by atoms with Crippen LogP contribution in [0.4, 0.5) is 0 Å². The molecule has 5 nitrogen and oxygen atoms in total. The van der Waals surface area contributed by atoms with Crippen LogP contribution in [-0.2, 0) is 0 Å². The van der Waals surface area contributed by atoms with E-state index in [1.807, 2.05) is 0 Å². The lowest BCUT2D eigenvalue weighted by atomic mass is 10.1. The number of rotatable bonds is 5. The first-order chi connectivity index (χ1) is 8.49. The molecule has 1 aromatic rings. The topological polar surface area (TPSA) is 64.8 Å². The van der Waals surface area contributed by atoms with Crippen LogP contribution in [-0.4, -0.2) is 43.6 Å². The predicted molar refractivity (Wildman–Crippen MR) is 73.3 cm³/mol. The number of amides is 1. The van der Waals surface area contributed by atoms with Crippen molar-refractivity contribution in [3.05, 3.63) is 23.8 Å². The van der Waals surface area contributed by atoms with E-state index in [2.05, 4.69) is 0 Å². The third kappa shape index (κ3) is 3.33. The normalized spacial score (nSPS) is 9.72. The van der Waals surface area contributed by atoms with Gasteiger partial charge >= 0.3 is 0 Å². The van der Waals surface area contributed by atoms with Crippen LogP contribution in [0.2, 0.25) is 0 Å². The van der Waals surface area contributed by atoms with Crippen LogP contribution in [0.1, 0.15) is 10.4 Å². The number of benzene rings is 1. The second kappa shape index (κ2) is 6.20. The van der Waals surface area contributed by atoms with Gasteiger partial charge in [-0.25, -0.2) is 0 Å². The molecule has 0 unspecified atom stereocenters. The first-order valence-electron chi connectivity index (χ1n) is 5.25. The first-order valence-corrected chi connectivity index (χ1v) is 5.66. The van der Waals surface area contributed by atoms with E-state index in [4.69, 9.17) is 27.4 Å². The summed E-state index contributed by atoms with van der Waals surface area (Å²) in [5.74, 6) is 0.905. The smallest absolute Gasteiger partial charge is 0.254 e. The maximum Gasteiger partial charge on any atom is 0.254 e. The van der Waals surface area contributed by atoms with Gasteiger partial charge in [0.2, 0.25) is 0 Å². The number of hydrogen-bond donors (Lipinski definition) is 1. The molecule has 0 atom stereocenters. The molecule has 0 radical (unpaired) electrons. The van der Waals surface area contributed by atoms with Gasteiger partial charge in [0.25, 0.3) is 5.91 Å². The maximum absolute atomic E-state index is 12.1. The molecule has 0 aliphatic heterocycles. The van der Waals surface area contributed by atoms with E-state index in [0.29, 0.717) is 17.1 Å². The third-order valence-corrected chi connectivity index (χ3v) is 2.50. The molecule has 0 spiro atoms. The molecule has 0 aliphatic rings. The minimum atomic E-state index is -0.177. The van der Waals surface area contributed by atoms with Gasteiger partial charge in [-0.1, -0.05) is 12.2 Å². The molecule has 1 rings (SSSR count). The Labute approximate surface area is 111 Å². The molecule has 2 N–H and O–H groups in total. The number of methoxy groups -OCH3 is 2. The summed E-state index contributed by atoms with van der Waals surface area (Å²) >= 11 is 4.77. The average Bonchev–Trinajstić information content (AvgIpc) is 2.36. The SMILES string of the molecule is COc1ccc(C(=O)N(C)CC(N)=S)cc1OC. The van der Waals surface area contributed by atoms with Crippen LogP contribution < -0.4 is 15.2 Å². The zero-order chi connectivity index (χ0) is 13.7. The monoisotopic (exact) mass is 268 g/mol. The van der Waals surface area contributed by atoms with Gasteiger partial charge in [0.1, 0.15) is 0 Å². The summed E-state index contributed by atoms with van der Waals surface area (Å²) in [6, 6.07) is 4.97. The van der Waals surface area contributed by atoms with Gasteiger partial charge in [-0.2, -0.15) is 0 Å². The fraction of sp³-hybridized carbons (Fsp3) is 0.333. The van der Waals surface area contributed by atoms with E-state index in [1.54, 1.807) is 32.4 Å². The van der Waals surface area contributed by atoms with Crippen LogP contribution in [0.25, 0.3) is 0 Å². The van der Waals surface area contributed by atoms with Crippen molar-refractivity contribution >= 4 is 23.1 Å². The largest absolute Gasteiger partial charge is 0.493 e. The number of thiocarbonyl (C=S) groups is 1. The van der Waals surface area contributed by atoms with Crippen molar-refractivity contribution in [2.24, 2.45) is 5.73 Å². The highest BCUT2D eigenvalue weighted by atomic mass is 32.1. The Balaban J connectivity index is 2.96. The molecule has 0 fully saturated rings. The molecule has 0 aliphatic carbocycles. The lowest BCUT2D eigenvalue weighted by Crippen LogP contribution is -2.34. The summed E-state index contributed by atoms with van der Waals surface area (Å²) in [7, 11) is 4.70. The molecule has 0 heterocycles. The summed E-state index contributed by atoms with van der Waals surface area (Å²) in [4.78, 5) is 13.8. The summed E-state index contributed by atoms with van der Waals surface area (Å²) in [5.41, 5.74) is 5.90. The van der Waals surface area contributed by atoms with Gasteiger partial charge in [-0.3, -0.25) is 4.79 Å². The molecular weight excluding hydrogens is 252 g/mol. The van der Waals surface area contributed by atoms with Gasteiger partial charge in [0, 0.05) is 12.6 Å². The van der Waals surface area contributed by atoms with Crippen molar-refractivity contribution in [3.63, 3.8) is 0 Å². The summed E-state index contributed by atoms with van der Waals surface area (Å²) in [6.45, 7) is 0.239. The minimum absolute atomic E-state index is 0.177. The van der Waals surface area contributed by atoms with Crippen LogP contribution in [0.5, 0.6) is 11.5 Å². The number of ether oxygens (including phenoxy) is 2. The van der Waals surface area contributed by atoms with Gasteiger partial charge in [-0.05, 0) is 18.2 Å². The third-order valence-electron chi connectivity index (χ3n) is 2.37. The second-order valence-electron chi connectivity index (χ2n) is 3.70. The zero-order valence-electron chi connectivity index (χ0n) is 10.6. The number of hydrogen-bond acceptors (Lipinski definition) is 4. The summed E-state index contributed by atoms with van der Waals surface area (Å²) in [6.07, 6.45) is 0. The Kier molecular flexibility index (Phi) is 4.91. The minimum Gasteiger partial charge on any atom is -0.493 e. The van der Waals surface area contributed by atoms with Crippen LogP contribution in [0, 0.1) is 0 Å². The zero-order valence-corrected chi connectivity index (χ0v) is 11.4. The predicted octanol–water partition coefficient (Wildman–Crippen LogP) is 1.06. The van der Waals surface area contributed by atoms with Gasteiger partial charge in [0.05, 0.1) is 25.8 Å². The van der Waals surface area contributed by atoms with Gasteiger partial charge in [-0.15, -0.1) is 0 Å². The summed E-state index contributed by atoms with van der Waals surface area (Å²) in [5, 5.41) is 0. The number of nitrogens with two attached hydrogens (primary N) is 1. The number of carbonyl (C=O) groups excluding carboxylic acids is 1. The molecule has 98 valence electrons. The molecule has 1 amide bonds. The van der Waals surface area contributed by atoms with Crippen molar-refractivity contribution in [2.45, 2.75) is 0 Å². The first kappa shape index (κ1) is 14.2. The number of carbonyl (C=O) groups is 1. The van der Waals surface area contributed by atoms with Gasteiger partial charge < -0.3 is 20.1 Å². The second-order valence-corrected chi connectivity index (χ2v) is 4.22. The van der Waals surface area contributed by atoms with Crippen molar-refractivity contribution in [3.8, 4) is 11.5 Å². The lowest BCUT2D eigenvalue weighted by Gasteiger charge is -2.17. The van der Waals surface area contributed by atoms with E-state index in [1.165, 1.54) is 12.0 Å². The Morgan fingerprint density at radius 3 is 2.44 bits per heavy atom. The van der Waals surface area contributed by atoms with Gasteiger partial charge in [0.15, 0.2) is 11.5 Å². The van der Waals surface area contributed by atoms with Crippen molar-refractivity contribution < 1.29 is 14.3 Å². The fourth-order valence-corrected chi connectivity index (χ4v) is 1.69. The fourth-order valence-electron chi connectivity index (χ4n) is 1.50. The van der Waals surface area contributed by atoms with Crippen molar-refractivity contribution in [2.75, 3.05) is 27.8 Å². The number of likely N-dealkylation sites (N-methyl/N-ethyl adjacent to an activating group) is 1. The highest BCUT2D eigenvalue weighted by Gasteiger charge is 2.14. The molecule has 0 aromatic heterocycles. The Hall–Kier alpha value is -1.82. The van der Waals surface area contributed by atoms with E-state index in [-0.39, 0.29) is 17.4 Å². The van der Waals surface area contributed by atoms with Crippen molar-refractivity contribution in [1.29, 1.82) is 0 Å². The maximum atomic E-state index is 12.1. The molecule has 0 saturated heterocycles. The van der Waals surface area contributed by atoms with Crippen LogP contribution >= 0.6 is 12.2 Å². The lowest BCUT2D eigenvalue weighted by molar-refractivity contribution is 0.0814. The highest BCUT2D eigenvalue weighted by molar-refractivity contribution is 7.80. The molecule has 0 bridgehead atoms. The molecule has 6 heteroatoms. The quantitative estimate of drug-likeness (QED) is 0.809. The highest BCUT2D eigenvalue weighted by Crippen LogP contribution is 2.27. The Morgan fingerprint density at radius 1 is 1.33 bits per heavy atom. The van der Waals surface area contributed by atoms with E-state index in [0.717, 1.165) is 0 Å².